The van der Waals surface area contributed by atoms with Crippen LogP contribution in [0.5, 0.6) is 0 Å². The molecule has 4 heteroatoms. The molecular formula is C10H16O4. The van der Waals surface area contributed by atoms with Crippen LogP contribution in [-0.2, 0) is 14.3 Å². The highest BCUT2D eigenvalue weighted by Gasteiger charge is 2.66. The van der Waals surface area contributed by atoms with Crippen LogP contribution in [0.2, 0.25) is 0 Å². The van der Waals surface area contributed by atoms with E-state index in [1.165, 1.54) is 0 Å². The van der Waals surface area contributed by atoms with E-state index in [0.29, 0.717) is 13.0 Å². The van der Waals surface area contributed by atoms with Gasteiger partial charge in [0.05, 0.1) is 17.9 Å². The lowest BCUT2D eigenvalue weighted by Crippen LogP contribution is -2.28. The average molecular weight is 200 g/mol. The SMILES string of the molecule is CCOC(=O)[C@@]1(C(C)C)C[C@H]1C(=O)O. The molecule has 1 saturated carbocycles. The number of carboxylic acid groups (broad SMARTS) is 1. The van der Waals surface area contributed by atoms with Crippen LogP contribution >= 0.6 is 0 Å². The molecule has 0 spiro atoms. The molecule has 0 saturated heterocycles. The molecule has 1 rings (SSSR count). The van der Waals surface area contributed by atoms with Crippen LogP contribution in [0.3, 0.4) is 0 Å². The van der Waals surface area contributed by atoms with E-state index >= 15 is 0 Å². The summed E-state index contributed by atoms with van der Waals surface area (Å²) in [6, 6.07) is 0. The summed E-state index contributed by atoms with van der Waals surface area (Å²) in [7, 11) is 0. The third-order valence-electron chi connectivity index (χ3n) is 2.99. The average Bonchev–Trinajstić information content (AvgIpc) is 2.79. The van der Waals surface area contributed by atoms with Crippen LogP contribution in [-0.4, -0.2) is 23.7 Å². The van der Waals surface area contributed by atoms with Gasteiger partial charge < -0.3 is 9.84 Å². The lowest BCUT2D eigenvalue weighted by atomic mass is 9.90. The van der Waals surface area contributed by atoms with Gasteiger partial charge in [-0.3, -0.25) is 9.59 Å². The topological polar surface area (TPSA) is 63.6 Å². The van der Waals surface area contributed by atoms with Crippen molar-refractivity contribution in [3.8, 4) is 0 Å². The molecule has 0 aromatic carbocycles. The minimum absolute atomic E-state index is 0.0163. The monoisotopic (exact) mass is 200 g/mol. The van der Waals surface area contributed by atoms with Crippen LogP contribution in [0.25, 0.3) is 0 Å². The molecule has 1 aliphatic carbocycles. The molecule has 1 aliphatic rings. The molecule has 0 heterocycles. The van der Waals surface area contributed by atoms with E-state index in [1.54, 1.807) is 6.92 Å². The Morgan fingerprint density at radius 1 is 1.57 bits per heavy atom. The first kappa shape index (κ1) is 11.0. The first-order valence-corrected chi connectivity index (χ1v) is 4.86. The van der Waals surface area contributed by atoms with Gasteiger partial charge in [-0.1, -0.05) is 13.8 Å². The number of aliphatic carboxylic acids is 1. The van der Waals surface area contributed by atoms with Crippen LogP contribution in [0.4, 0.5) is 0 Å². The number of carbonyl (C=O) groups is 2. The molecule has 0 amide bonds. The van der Waals surface area contributed by atoms with E-state index < -0.39 is 17.3 Å². The van der Waals surface area contributed by atoms with Crippen molar-refractivity contribution in [2.45, 2.75) is 27.2 Å². The molecule has 0 aromatic rings. The predicted molar refractivity (Wildman–Crippen MR) is 49.6 cm³/mol. The fraction of sp³-hybridized carbons (Fsp3) is 0.800. The summed E-state index contributed by atoms with van der Waals surface area (Å²) in [5.74, 6) is -1.79. The maximum absolute atomic E-state index is 11.6. The normalized spacial score (nSPS) is 30.1. The zero-order valence-corrected chi connectivity index (χ0v) is 8.74. The number of hydrogen-bond donors (Lipinski definition) is 1. The van der Waals surface area contributed by atoms with Gasteiger partial charge in [-0.15, -0.1) is 0 Å². The van der Waals surface area contributed by atoms with Gasteiger partial charge in [0, 0.05) is 0 Å². The van der Waals surface area contributed by atoms with E-state index in [-0.39, 0.29) is 11.9 Å². The molecule has 1 N–H and O–H groups in total. The predicted octanol–water partition coefficient (Wildman–Crippen LogP) is 1.30. The number of ether oxygens (including phenoxy) is 1. The summed E-state index contributed by atoms with van der Waals surface area (Å²) in [6.07, 6.45) is 0.416. The van der Waals surface area contributed by atoms with E-state index in [2.05, 4.69) is 0 Å². The minimum atomic E-state index is -0.897. The van der Waals surface area contributed by atoms with Crippen molar-refractivity contribution in [3.63, 3.8) is 0 Å². The van der Waals surface area contributed by atoms with Gasteiger partial charge in [-0.05, 0) is 19.3 Å². The van der Waals surface area contributed by atoms with Crippen molar-refractivity contribution in [2.75, 3.05) is 6.61 Å². The Kier molecular flexibility index (Phi) is 2.83. The first-order valence-electron chi connectivity index (χ1n) is 4.86. The van der Waals surface area contributed by atoms with Crippen molar-refractivity contribution in [2.24, 2.45) is 17.3 Å². The fourth-order valence-corrected chi connectivity index (χ4v) is 1.95. The number of carboxylic acids is 1. The number of rotatable bonds is 4. The Hall–Kier alpha value is -1.06. The lowest BCUT2D eigenvalue weighted by Gasteiger charge is -2.18. The van der Waals surface area contributed by atoms with Crippen molar-refractivity contribution >= 4 is 11.9 Å². The third-order valence-corrected chi connectivity index (χ3v) is 2.99. The fourth-order valence-electron chi connectivity index (χ4n) is 1.95. The molecule has 80 valence electrons. The molecule has 0 aromatic heterocycles. The largest absolute Gasteiger partial charge is 0.481 e. The molecule has 0 aliphatic heterocycles. The Morgan fingerprint density at radius 3 is 2.43 bits per heavy atom. The van der Waals surface area contributed by atoms with Crippen LogP contribution in [0.15, 0.2) is 0 Å². The Morgan fingerprint density at radius 2 is 2.14 bits per heavy atom. The highest BCUT2D eigenvalue weighted by Crippen LogP contribution is 2.58. The molecule has 0 radical (unpaired) electrons. The number of esters is 1. The molecule has 0 bridgehead atoms. The third kappa shape index (κ3) is 1.49. The Bertz CT molecular complexity index is 259. The molecule has 0 unspecified atom stereocenters. The standard InChI is InChI=1S/C10H16O4/c1-4-14-9(13)10(6(2)3)5-7(10)8(11)12/h6-7H,4-5H2,1-3H3,(H,11,12)/t7-,10+/m0/s1. The van der Waals surface area contributed by atoms with Crippen LogP contribution in [0, 0.1) is 17.3 Å². The van der Waals surface area contributed by atoms with E-state index in [9.17, 15) is 9.59 Å². The van der Waals surface area contributed by atoms with E-state index in [0.717, 1.165) is 0 Å². The maximum Gasteiger partial charge on any atom is 0.313 e. The minimum Gasteiger partial charge on any atom is -0.481 e. The second-order valence-electron chi connectivity index (χ2n) is 4.01. The summed E-state index contributed by atoms with van der Waals surface area (Å²) in [5, 5.41) is 8.85. The van der Waals surface area contributed by atoms with Gasteiger partial charge in [0.1, 0.15) is 0 Å². The number of carbonyl (C=O) groups excluding carboxylic acids is 1. The summed E-state index contributed by atoms with van der Waals surface area (Å²) in [5.41, 5.74) is -0.762. The second kappa shape index (κ2) is 3.59. The Labute approximate surface area is 83.2 Å². The number of hydrogen-bond acceptors (Lipinski definition) is 3. The van der Waals surface area contributed by atoms with Crippen molar-refractivity contribution in [1.82, 2.24) is 0 Å². The van der Waals surface area contributed by atoms with Gasteiger partial charge in [0.25, 0.3) is 0 Å². The first-order chi connectivity index (χ1) is 6.46. The van der Waals surface area contributed by atoms with Gasteiger partial charge >= 0.3 is 11.9 Å². The smallest absolute Gasteiger partial charge is 0.313 e. The lowest BCUT2D eigenvalue weighted by molar-refractivity contribution is -0.155. The summed E-state index contributed by atoms with van der Waals surface area (Å²) >= 11 is 0. The molecule has 14 heavy (non-hydrogen) atoms. The van der Waals surface area contributed by atoms with Crippen molar-refractivity contribution in [3.05, 3.63) is 0 Å². The van der Waals surface area contributed by atoms with Crippen LogP contribution in [0.1, 0.15) is 27.2 Å². The molecule has 2 atom stereocenters. The van der Waals surface area contributed by atoms with E-state index in [4.69, 9.17) is 9.84 Å². The van der Waals surface area contributed by atoms with Crippen molar-refractivity contribution in [1.29, 1.82) is 0 Å². The summed E-state index contributed by atoms with van der Waals surface area (Å²) < 4.78 is 4.91. The van der Waals surface area contributed by atoms with Crippen molar-refractivity contribution < 1.29 is 19.4 Å². The van der Waals surface area contributed by atoms with Gasteiger partial charge in [-0.2, -0.15) is 0 Å². The molecular weight excluding hydrogens is 184 g/mol. The highest BCUT2D eigenvalue weighted by molar-refractivity contribution is 5.90. The zero-order chi connectivity index (χ0) is 10.9. The van der Waals surface area contributed by atoms with Crippen LogP contribution < -0.4 is 0 Å². The molecule has 4 nitrogen and oxygen atoms in total. The van der Waals surface area contributed by atoms with Gasteiger partial charge in [0.2, 0.25) is 0 Å². The highest BCUT2D eigenvalue weighted by atomic mass is 16.5. The zero-order valence-electron chi connectivity index (χ0n) is 8.74. The quantitative estimate of drug-likeness (QED) is 0.695. The summed E-state index contributed by atoms with van der Waals surface area (Å²) in [4.78, 5) is 22.4. The Balaban J connectivity index is 2.78. The second-order valence-corrected chi connectivity index (χ2v) is 4.01. The van der Waals surface area contributed by atoms with E-state index in [1.807, 2.05) is 13.8 Å². The van der Waals surface area contributed by atoms with Gasteiger partial charge in [-0.25, -0.2) is 0 Å². The molecule has 1 fully saturated rings. The maximum atomic E-state index is 11.6. The van der Waals surface area contributed by atoms with Gasteiger partial charge in [0.15, 0.2) is 0 Å². The summed E-state index contributed by atoms with van der Waals surface area (Å²) in [6.45, 7) is 5.75.